The number of likely N-dealkylation sites (tertiary alicyclic amines) is 1. The molecule has 1 atom stereocenters. The van der Waals surface area contributed by atoms with Crippen LogP contribution in [-0.2, 0) is 0 Å². The highest BCUT2D eigenvalue weighted by molar-refractivity contribution is 6.42. The van der Waals surface area contributed by atoms with Gasteiger partial charge in [0, 0.05) is 12.6 Å². The predicted octanol–water partition coefficient (Wildman–Crippen LogP) is 3.56. The number of benzene rings is 1. The Kier molecular flexibility index (Phi) is 4.86. The van der Waals surface area contributed by atoms with Gasteiger partial charge in [-0.1, -0.05) is 29.3 Å². The van der Waals surface area contributed by atoms with Crippen LogP contribution >= 0.6 is 23.2 Å². The Balaban J connectivity index is 1.76. The van der Waals surface area contributed by atoms with Gasteiger partial charge in [0.15, 0.2) is 5.69 Å². The Morgan fingerprint density at radius 2 is 2.04 bits per heavy atom. The van der Waals surface area contributed by atoms with Gasteiger partial charge >= 0.3 is 0 Å². The third kappa shape index (κ3) is 3.42. The van der Waals surface area contributed by atoms with E-state index in [0.29, 0.717) is 23.7 Å². The third-order valence-corrected chi connectivity index (χ3v) is 5.17. The molecule has 1 aliphatic rings. The number of ether oxygens (including phenoxy) is 1. The molecule has 2 aromatic rings. The summed E-state index contributed by atoms with van der Waals surface area (Å²) in [4.78, 5) is 14.2. The molecule has 1 unspecified atom stereocenters. The van der Waals surface area contributed by atoms with Crippen LogP contribution in [0.3, 0.4) is 0 Å². The van der Waals surface area contributed by atoms with Crippen LogP contribution in [0.2, 0.25) is 10.0 Å². The summed E-state index contributed by atoms with van der Waals surface area (Å²) in [5, 5.41) is 18.5. The van der Waals surface area contributed by atoms with Crippen LogP contribution in [0.1, 0.15) is 30.8 Å². The van der Waals surface area contributed by atoms with Gasteiger partial charge in [-0.05, 0) is 38.5 Å². The van der Waals surface area contributed by atoms with Gasteiger partial charge in [-0.15, -0.1) is 10.2 Å². The van der Waals surface area contributed by atoms with Gasteiger partial charge in [0.2, 0.25) is 5.88 Å². The first-order valence-electron chi connectivity index (χ1n) is 7.76. The highest BCUT2D eigenvalue weighted by Crippen LogP contribution is 2.34. The molecule has 3 rings (SSSR count). The van der Waals surface area contributed by atoms with Crippen LogP contribution < -0.4 is 4.74 Å². The molecule has 0 saturated carbocycles. The first-order valence-corrected chi connectivity index (χ1v) is 8.52. The van der Waals surface area contributed by atoms with Crippen molar-refractivity contribution in [3.05, 3.63) is 46.1 Å². The van der Waals surface area contributed by atoms with Crippen molar-refractivity contribution >= 4 is 29.1 Å². The molecule has 132 valence electrons. The van der Waals surface area contributed by atoms with Crippen LogP contribution in [0.4, 0.5) is 0 Å². The number of carbonyl (C=O) groups excluding carboxylic acids is 1. The normalized spacial score (nSPS) is 19.1. The average molecular weight is 382 g/mol. The predicted molar refractivity (Wildman–Crippen MR) is 94.3 cm³/mol. The van der Waals surface area contributed by atoms with E-state index in [2.05, 4.69) is 10.2 Å². The SMILES string of the molecule is CC1(C)C(O)CCN1C(=O)c1ccc(Oc2cccc(Cl)c2Cl)nn1. The molecule has 0 bridgehead atoms. The van der Waals surface area contributed by atoms with Crippen molar-refractivity contribution in [3.63, 3.8) is 0 Å². The second kappa shape index (κ2) is 6.78. The summed E-state index contributed by atoms with van der Waals surface area (Å²) < 4.78 is 5.55. The zero-order chi connectivity index (χ0) is 18.2. The van der Waals surface area contributed by atoms with Crippen LogP contribution in [0.5, 0.6) is 11.6 Å². The lowest BCUT2D eigenvalue weighted by atomic mass is 9.98. The number of hydrogen-bond acceptors (Lipinski definition) is 5. The molecule has 0 radical (unpaired) electrons. The minimum Gasteiger partial charge on any atom is -0.436 e. The smallest absolute Gasteiger partial charge is 0.274 e. The van der Waals surface area contributed by atoms with Gasteiger partial charge in [0.1, 0.15) is 10.8 Å². The molecule has 6 nitrogen and oxygen atoms in total. The minimum absolute atomic E-state index is 0.187. The number of halogens is 2. The first kappa shape index (κ1) is 17.9. The molecule has 1 fully saturated rings. The molecule has 1 saturated heterocycles. The number of aliphatic hydroxyl groups is 1. The number of rotatable bonds is 3. The standard InChI is InChI=1S/C17H17Cl2N3O3/c1-17(2)13(23)8-9-22(17)16(24)11-6-7-14(21-20-11)25-12-5-3-4-10(18)15(12)19/h3-7,13,23H,8-9H2,1-2H3. The number of aliphatic hydroxyl groups excluding tert-OH is 1. The van der Waals surface area contributed by atoms with Crippen molar-refractivity contribution in [1.82, 2.24) is 15.1 Å². The van der Waals surface area contributed by atoms with E-state index in [1.54, 1.807) is 23.1 Å². The molecular weight excluding hydrogens is 365 g/mol. The van der Waals surface area contributed by atoms with Crippen LogP contribution in [0.25, 0.3) is 0 Å². The van der Waals surface area contributed by atoms with E-state index in [1.807, 2.05) is 13.8 Å². The van der Waals surface area contributed by atoms with Gasteiger partial charge in [-0.3, -0.25) is 4.79 Å². The third-order valence-electron chi connectivity index (χ3n) is 4.37. The Labute approximate surface area is 155 Å². The molecule has 1 aromatic heterocycles. The van der Waals surface area contributed by atoms with E-state index in [-0.39, 0.29) is 22.5 Å². The summed E-state index contributed by atoms with van der Waals surface area (Å²) in [5.74, 6) is 0.272. The maximum atomic E-state index is 12.6. The maximum Gasteiger partial charge on any atom is 0.274 e. The van der Waals surface area contributed by atoms with Crippen LogP contribution in [0, 0.1) is 0 Å². The van der Waals surface area contributed by atoms with Gasteiger partial charge in [0.25, 0.3) is 5.91 Å². The topological polar surface area (TPSA) is 75.5 Å². The largest absolute Gasteiger partial charge is 0.436 e. The average Bonchev–Trinajstić information content (AvgIpc) is 2.85. The number of aromatic nitrogens is 2. The number of nitrogens with zero attached hydrogens (tertiary/aromatic N) is 3. The first-order chi connectivity index (χ1) is 11.8. The van der Waals surface area contributed by atoms with E-state index in [9.17, 15) is 9.90 Å². The molecule has 2 heterocycles. The van der Waals surface area contributed by atoms with Crippen molar-refractivity contribution in [3.8, 4) is 11.6 Å². The molecule has 0 spiro atoms. The monoisotopic (exact) mass is 381 g/mol. The van der Waals surface area contributed by atoms with Gasteiger partial charge in [-0.2, -0.15) is 0 Å². The molecule has 1 N–H and O–H groups in total. The van der Waals surface area contributed by atoms with Gasteiger partial charge < -0.3 is 14.7 Å². The van der Waals surface area contributed by atoms with Crippen LogP contribution in [-0.4, -0.2) is 44.3 Å². The van der Waals surface area contributed by atoms with E-state index in [1.165, 1.54) is 12.1 Å². The van der Waals surface area contributed by atoms with Crippen molar-refractivity contribution < 1.29 is 14.6 Å². The second-order valence-corrected chi connectivity index (χ2v) is 7.11. The Hall–Kier alpha value is -1.89. The summed E-state index contributed by atoms with van der Waals surface area (Å²) in [6, 6.07) is 8.08. The Bertz CT molecular complexity index is 796. The summed E-state index contributed by atoms with van der Waals surface area (Å²) in [5.41, 5.74) is -0.450. The summed E-state index contributed by atoms with van der Waals surface area (Å²) in [6.45, 7) is 4.13. The molecule has 8 heteroatoms. The quantitative estimate of drug-likeness (QED) is 0.879. The summed E-state index contributed by atoms with van der Waals surface area (Å²) >= 11 is 12.0. The van der Waals surface area contributed by atoms with Gasteiger partial charge in [0.05, 0.1) is 16.7 Å². The number of amides is 1. The maximum absolute atomic E-state index is 12.6. The summed E-state index contributed by atoms with van der Waals surface area (Å²) in [7, 11) is 0. The van der Waals surface area contributed by atoms with E-state index in [0.717, 1.165) is 0 Å². The van der Waals surface area contributed by atoms with E-state index < -0.39 is 11.6 Å². The molecule has 1 aliphatic heterocycles. The van der Waals surface area contributed by atoms with E-state index in [4.69, 9.17) is 27.9 Å². The summed E-state index contributed by atoms with van der Waals surface area (Å²) in [6.07, 6.45) is -0.0161. The number of hydrogen-bond donors (Lipinski definition) is 1. The molecule has 1 amide bonds. The molecule has 0 aliphatic carbocycles. The lowest BCUT2D eigenvalue weighted by Crippen LogP contribution is -2.48. The molecule has 1 aromatic carbocycles. The lowest BCUT2D eigenvalue weighted by molar-refractivity contribution is 0.0388. The zero-order valence-corrected chi connectivity index (χ0v) is 15.3. The fraction of sp³-hybridized carbons (Fsp3) is 0.353. The Morgan fingerprint density at radius 3 is 2.64 bits per heavy atom. The van der Waals surface area contributed by atoms with Gasteiger partial charge in [-0.25, -0.2) is 0 Å². The van der Waals surface area contributed by atoms with Crippen molar-refractivity contribution in [2.75, 3.05) is 6.54 Å². The van der Waals surface area contributed by atoms with Crippen LogP contribution in [0.15, 0.2) is 30.3 Å². The highest BCUT2D eigenvalue weighted by Gasteiger charge is 2.43. The van der Waals surface area contributed by atoms with Crippen molar-refractivity contribution in [2.24, 2.45) is 0 Å². The second-order valence-electron chi connectivity index (χ2n) is 6.33. The lowest BCUT2D eigenvalue weighted by Gasteiger charge is -2.33. The van der Waals surface area contributed by atoms with Crippen molar-refractivity contribution in [2.45, 2.75) is 31.9 Å². The fourth-order valence-corrected chi connectivity index (χ4v) is 3.07. The minimum atomic E-state index is -0.637. The Morgan fingerprint density at radius 1 is 1.28 bits per heavy atom. The fourth-order valence-electron chi connectivity index (χ4n) is 2.74. The molecule has 25 heavy (non-hydrogen) atoms. The van der Waals surface area contributed by atoms with Crippen molar-refractivity contribution in [1.29, 1.82) is 0 Å². The number of carbonyl (C=O) groups is 1. The zero-order valence-electron chi connectivity index (χ0n) is 13.7. The van der Waals surface area contributed by atoms with E-state index >= 15 is 0 Å². The highest BCUT2D eigenvalue weighted by atomic mass is 35.5. The molecular formula is C17H17Cl2N3O3.